The van der Waals surface area contributed by atoms with Crippen LogP contribution in [0.4, 0.5) is 0 Å². The maximum Gasteiger partial charge on any atom is 0.0988 e. The van der Waals surface area contributed by atoms with Crippen LogP contribution >= 0.6 is 15.9 Å². The Hall–Kier alpha value is -0.800. The smallest absolute Gasteiger partial charge is 0.0988 e. The number of epoxide rings is 1. The van der Waals surface area contributed by atoms with Crippen LogP contribution in [0.1, 0.15) is 24.1 Å². The molecule has 0 amide bonds. The first-order chi connectivity index (χ1) is 8.83. The summed E-state index contributed by atoms with van der Waals surface area (Å²) in [5.74, 6) is 0. The molecule has 94 valence electrons. The number of halogens is 1. The molecular weight excluding hydrogens is 290 g/mol. The first-order valence-corrected chi connectivity index (χ1v) is 7.53. The van der Waals surface area contributed by atoms with Crippen molar-refractivity contribution < 1.29 is 4.74 Å². The standard InChI is InChI=1S/C15H16BrNO/c16-10-5-6-15-13(7-10)12-3-1-2-4-14(12)17(15)8-11-9-18-11/h5-7,11H,1-4,8-9H2. The Morgan fingerprint density at radius 2 is 2.11 bits per heavy atom. The molecule has 1 aromatic heterocycles. The van der Waals surface area contributed by atoms with Crippen LogP contribution in [0.5, 0.6) is 0 Å². The Morgan fingerprint density at radius 3 is 2.94 bits per heavy atom. The van der Waals surface area contributed by atoms with Crippen molar-refractivity contribution in [3.8, 4) is 0 Å². The summed E-state index contributed by atoms with van der Waals surface area (Å²) in [6.07, 6.45) is 5.58. The third-order valence-corrected chi connectivity index (χ3v) is 4.62. The summed E-state index contributed by atoms with van der Waals surface area (Å²) in [7, 11) is 0. The van der Waals surface area contributed by atoms with Gasteiger partial charge in [0.2, 0.25) is 0 Å². The maximum atomic E-state index is 5.42. The molecule has 1 atom stereocenters. The van der Waals surface area contributed by atoms with E-state index < -0.39 is 0 Å². The van der Waals surface area contributed by atoms with E-state index in [-0.39, 0.29) is 0 Å². The molecule has 0 saturated carbocycles. The molecule has 0 N–H and O–H groups in total. The number of hydrogen-bond donors (Lipinski definition) is 0. The van der Waals surface area contributed by atoms with E-state index in [2.05, 4.69) is 38.7 Å². The topological polar surface area (TPSA) is 17.5 Å². The Labute approximate surface area is 115 Å². The predicted octanol–water partition coefficient (Wildman–Crippen LogP) is 3.68. The number of benzene rings is 1. The fraction of sp³-hybridized carbons (Fsp3) is 0.467. The molecule has 2 heterocycles. The Kier molecular flexibility index (Phi) is 2.52. The van der Waals surface area contributed by atoms with E-state index in [9.17, 15) is 0 Å². The molecule has 18 heavy (non-hydrogen) atoms. The zero-order chi connectivity index (χ0) is 12.1. The molecule has 2 aromatic rings. The van der Waals surface area contributed by atoms with Gasteiger partial charge in [-0.25, -0.2) is 0 Å². The molecule has 2 aliphatic rings. The summed E-state index contributed by atoms with van der Waals surface area (Å²) in [6.45, 7) is 1.97. The van der Waals surface area contributed by atoms with E-state index in [1.54, 1.807) is 11.3 Å². The number of fused-ring (bicyclic) bond motifs is 3. The molecule has 1 unspecified atom stereocenters. The van der Waals surface area contributed by atoms with Crippen LogP contribution in [-0.4, -0.2) is 17.3 Å². The number of rotatable bonds is 2. The van der Waals surface area contributed by atoms with Gasteiger partial charge >= 0.3 is 0 Å². The lowest BCUT2D eigenvalue weighted by Crippen LogP contribution is -2.11. The monoisotopic (exact) mass is 305 g/mol. The number of ether oxygens (including phenoxy) is 1. The maximum absolute atomic E-state index is 5.42. The lowest BCUT2D eigenvalue weighted by molar-refractivity contribution is 0.382. The third-order valence-electron chi connectivity index (χ3n) is 4.13. The van der Waals surface area contributed by atoms with Crippen molar-refractivity contribution in [2.45, 2.75) is 38.3 Å². The molecule has 0 spiro atoms. The fourth-order valence-corrected chi connectivity index (χ4v) is 3.55. The molecule has 0 radical (unpaired) electrons. The molecule has 3 heteroatoms. The number of nitrogens with zero attached hydrogens (tertiary/aromatic N) is 1. The first kappa shape index (κ1) is 11.1. The number of hydrogen-bond acceptors (Lipinski definition) is 1. The largest absolute Gasteiger partial charge is 0.371 e. The van der Waals surface area contributed by atoms with Crippen molar-refractivity contribution in [3.63, 3.8) is 0 Å². The third kappa shape index (κ3) is 1.72. The lowest BCUT2D eigenvalue weighted by atomic mass is 9.95. The highest BCUT2D eigenvalue weighted by atomic mass is 79.9. The summed E-state index contributed by atoms with van der Waals surface area (Å²) in [6, 6.07) is 6.68. The average molecular weight is 306 g/mol. The van der Waals surface area contributed by atoms with Crippen molar-refractivity contribution in [1.82, 2.24) is 4.57 Å². The molecule has 1 aromatic carbocycles. The summed E-state index contributed by atoms with van der Waals surface area (Å²) in [5, 5.41) is 1.44. The second-order valence-corrected chi connectivity index (χ2v) is 6.28. The van der Waals surface area contributed by atoms with E-state index in [1.165, 1.54) is 41.1 Å². The van der Waals surface area contributed by atoms with Crippen molar-refractivity contribution >= 4 is 26.8 Å². The summed E-state index contributed by atoms with van der Waals surface area (Å²) in [5.41, 5.74) is 4.53. The SMILES string of the molecule is Brc1ccc2c(c1)c1c(n2CC2CO2)CCCC1. The van der Waals surface area contributed by atoms with E-state index in [0.717, 1.165) is 13.2 Å². The Bertz CT molecular complexity index is 612. The van der Waals surface area contributed by atoms with Gasteiger partial charge in [-0.05, 0) is 49.4 Å². The fourth-order valence-electron chi connectivity index (χ4n) is 3.19. The van der Waals surface area contributed by atoms with Crippen LogP contribution in [-0.2, 0) is 24.1 Å². The van der Waals surface area contributed by atoms with Crippen LogP contribution < -0.4 is 0 Å². The normalized spacial score (nSPS) is 22.2. The van der Waals surface area contributed by atoms with E-state index in [4.69, 9.17) is 4.74 Å². The van der Waals surface area contributed by atoms with E-state index in [0.29, 0.717) is 6.10 Å². The molecule has 1 fully saturated rings. The van der Waals surface area contributed by atoms with Crippen molar-refractivity contribution in [1.29, 1.82) is 0 Å². The van der Waals surface area contributed by atoms with Gasteiger partial charge in [0.25, 0.3) is 0 Å². The lowest BCUT2D eigenvalue weighted by Gasteiger charge is -2.15. The second-order valence-electron chi connectivity index (χ2n) is 5.36. The quantitative estimate of drug-likeness (QED) is 0.774. The molecule has 1 saturated heterocycles. The minimum atomic E-state index is 0.454. The molecule has 2 nitrogen and oxygen atoms in total. The average Bonchev–Trinajstić information content (AvgIpc) is 3.15. The molecule has 1 aliphatic heterocycles. The van der Waals surface area contributed by atoms with Gasteiger partial charge in [-0.2, -0.15) is 0 Å². The van der Waals surface area contributed by atoms with Crippen molar-refractivity contribution in [3.05, 3.63) is 33.9 Å². The van der Waals surface area contributed by atoms with E-state index >= 15 is 0 Å². The molecule has 4 rings (SSSR count). The van der Waals surface area contributed by atoms with Crippen LogP contribution in [0.3, 0.4) is 0 Å². The Balaban J connectivity index is 1.95. The van der Waals surface area contributed by atoms with Crippen LogP contribution in [0, 0.1) is 0 Å². The van der Waals surface area contributed by atoms with E-state index in [1.807, 2.05) is 0 Å². The van der Waals surface area contributed by atoms with Gasteiger partial charge in [0.1, 0.15) is 0 Å². The minimum absolute atomic E-state index is 0.454. The van der Waals surface area contributed by atoms with Gasteiger partial charge < -0.3 is 9.30 Å². The summed E-state index contributed by atoms with van der Waals surface area (Å²) >= 11 is 3.60. The molecular formula is C15H16BrNO. The van der Waals surface area contributed by atoms with Gasteiger partial charge in [-0.1, -0.05) is 15.9 Å². The van der Waals surface area contributed by atoms with Gasteiger partial charge in [-0.3, -0.25) is 0 Å². The number of aryl methyl sites for hydroxylation is 1. The van der Waals surface area contributed by atoms with Crippen molar-refractivity contribution in [2.24, 2.45) is 0 Å². The van der Waals surface area contributed by atoms with Gasteiger partial charge in [0.05, 0.1) is 19.3 Å². The van der Waals surface area contributed by atoms with Crippen LogP contribution in [0.25, 0.3) is 10.9 Å². The van der Waals surface area contributed by atoms with Gasteiger partial charge in [-0.15, -0.1) is 0 Å². The zero-order valence-electron chi connectivity index (χ0n) is 10.3. The van der Waals surface area contributed by atoms with Gasteiger partial charge in [0.15, 0.2) is 0 Å². The minimum Gasteiger partial charge on any atom is -0.371 e. The first-order valence-electron chi connectivity index (χ1n) is 6.74. The summed E-state index contributed by atoms with van der Waals surface area (Å²) in [4.78, 5) is 0. The van der Waals surface area contributed by atoms with Crippen LogP contribution in [0.2, 0.25) is 0 Å². The highest BCUT2D eigenvalue weighted by Gasteiger charge is 2.27. The second kappa shape index (κ2) is 4.10. The highest BCUT2D eigenvalue weighted by molar-refractivity contribution is 9.10. The van der Waals surface area contributed by atoms with Crippen LogP contribution in [0.15, 0.2) is 22.7 Å². The predicted molar refractivity (Wildman–Crippen MR) is 76.0 cm³/mol. The molecule has 0 bridgehead atoms. The highest BCUT2D eigenvalue weighted by Crippen LogP contribution is 2.34. The van der Waals surface area contributed by atoms with Gasteiger partial charge in [0, 0.05) is 21.1 Å². The molecule has 1 aliphatic carbocycles. The van der Waals surface area contributed by atoms with Crippen molar-refractivity contribution in [2.75, 3.05) is 6.61 Å². The summed E-state index contributed by atoms with van der Waals surface area (Å²) < 4.78 is 9.11. The number of aromatic nitrogens is 1. The Morgan fingerprint density at radius 1 is 1.28 bits per heavy atom. The zero-order valence-corrected chi connectivity index (χ0v) is 11.9.